The molecule has 0 aromatic heterocycles. The van der Waals surface area contributed by atoms with Gasteiger partial charge in [0.1, 0.15) is 0 Å². The molecular formula is C8H17NO2Si. The van der Waals surface area contributed by atoms with Gasteiger partial charge in [0.05, 0.1) is 0 Å². The Hall–Kier alpha value is -0.703. The van der Waals surface area contributed by atoms with E-state index < -0.39 is 8.48 Å². The number of hydrogen-bond donors (Lipinski definition) is 0. The van der Waals surface area contributed by atoms with Crippen LogP contribution in [0.25, 0.3) is 0 Å². The molecule has 0 rings (SSSR count). The molecule has 0 N–H and O–H groups in total. The van der Waals surface area contributed by atoms with Crippen LogP contribution >= 0.6 is 0 Å². The summed E-state index contributed by atoms with van der Waals surface area (Å²) in [6, 6.07) is 0. The summed E-state index contributed by atoms with van der Waals surface area (Å²) in [5.41, 5.74) is 0. The van der Waals surface area contributed by atoms with E-state index in [1.807, 2.05) is 26.9 Å². The molecule has 0 aliphatic heterocycles. The summed E-state index contributed by atoms with van der Waals surface area (Å²) in [5.74, 6) is 0. The molecule has 0 fully saturated rings. The first-order chi connectivity index (χ1) is 5.54. The van der Waals surface area contributed by atoms with Gasteiger partial charge in [-0.2, -0.15) is 0 Å². The monoisotopic (exact) mass is 187 g/mol. The first kappa shape index (κ1) is 13.9. The third kappa shape index (κ3) is 12.0. The molecule has 0 amide bonds. The SMILES string of the molecule is C=CC.CCO[Si](C)(C)N=C=O. The summed E-state index contributed by atoms with van der Waals surface area (Å²) >= 11 is 0. The third-order valence-corrected chi connectivity index (χ3v) is 2.44. The van der Waals surface area contributed by atoms with Gasteiger partial charge in [-0.25, -0.2) is 9.45 Å². The van der Waals surface area contributed by atoms with Crippen LogP contribution in [0.15, 0.2) is 17.3 Å². The zero-order valence-electron chi connectivity index (χ0n) is 8.26. The molecule has 70 valence electrons. The number of rotatable bonds is 3. The topological polar surface area (TPSA) is 38.7 Å². The van der Waals surface area contributed by atoms with E-state index in [1.165, 1.54) is 6.08 Å². The number of carbonyl (C=O) groups excluding carboxylic acids is 1. The van der Waals surface area contributed by atoms with Crippen molar-refractivity contribution in [1.82, 2.24) is 0 Å². The lowest BCUT2D eigenvalue weighted by Crippen LogP contribution is -2.27. The van der Waals surface area contributed by atoms with Gasteiger partial charge < -0.3 is 4.43 Å². The standard InChI is InChI=1S/C5H11NO2Si.C3H6/c1-4-8-9(2,3)6-5-7;1-3-2/h4H2,1-3H3;3H,1H2,2H3. The molecule has 0 saturated heterocycles. The van der Waals surface area contributed by atoms with E-state index in [9.17, 15) is 4.79 Å². The molecule has 0 bridgehead atoms. The Labute approximate surface area is 75.4 Å². The lowest BCUT2D eigenvalue weighted by atomic mass is 10.8. The van der Waals surface area contributed by atoms with Crippen LogP contribution in [-0.4, -0.2) is 21.2 Å². The van der Waals surface area contributed by atoms with E-state index in [-0.39, 0.29) is 0 Å². The van der Waals surface area contributed by atoms with Crippen LogP contribution in [-0.2, 0) is 9.22 Å². The van der Waals surface area contributed by atoms with Crippen LogP contribution in [0.2, 0.25) is 13.1 Å². The summed E-state index contributed by atoms with van der Waals surface area (Å²) in [5, 5.41) is 0. The molecule has 4 heteroatoms. The molecule has 0 saturated carbocycles. The highest BCUT2D eigenvalue weighted by Crippen LogP contribution is 2.02. The zero-order chi connectivity index (χ0) is 10.0. The molecule has 0 radical (unpaired) electrons. The predicted octanol–water partition coefficient (Wildman–Crippen LogP) is 2.25. The normalized spacial score (nSPS) is 9.00. The molecule has 3 nitrogen and oxygen atoms in total. The number of hydrogen-bond acceptors (Lipinski definition) is 3. The second-order valence-electron chi connectivity index (χ2n) is 2.49. The zero-order valence-corrected chi connectivity index (χ0v) is 9.26. The second-order valence-corrected chi connectivity index (χ2v) is 5.90. The van der Waals surface area contributed by atoms with Gasteiger partial charge in [-0.05, 0) is 26.9 Å². The van der Waals surface area contributed by atoms with Gasteiger partial charge in [0.25, 0.3) is 0 Å². The molecule has 0 aliphatic rings. The van der Waals surface area contributed by atoms with Gasteiger partial charge in [-0.15, -0.1) is 6.58 Å². The Morgan fingerprint density at radius 3 is 2.33 bits per heavy atom. The maximum absolute atomic E-state index is 9.76. The highest BCUT2D eigenvalue weighted by atomic mass is 28.4. The van der Waals surface area contributed by atoms with E-state index in [0.717, 1.165) is 0 Å². The summed E-state index contributed by atoms with van der Waals surface area (Å²) in [4.78, 5) is 9.76. The van der Waals surface area contributed by atoms with Gasteiger partial charge in [0, 0.05) is 6.61 Å². The average Bonchev–Trinajstić information content (AvgIpc) is 1.88. The molecule has 0 heterocycles. The summed E-state index contributed by atoms with van der Waals surface area (Å²) < 4.78 is 8.74. The average molecular weight is 187 g/mol. The van der Waals surface area contributed by atoms with Gasteiger partial charge in [-0.1, -0.05) is 6.08 Å². The first-order valence-corrected chi connectivity index (χ1v) is 6.69. The molecule has 0 unspecified atom stereocenters. The van der Waals surface area contributed by atoms with Gasteiger partial charge in [0.2, 0.25) is 6.08 Å². The Morgan fingerprint density at radius 2 is 2.08 bits per heavy atom. The van der Waals surface area contributed by atoms with Crippen molar-refractivity contribution in [1.29, 1.82) is 0 Å². The summed E-state index contributed by atoms with van der Waals surface area (Å²) in [6.45, 7) is 11.4. The molecule has 0 aliphatic carbocycles. The quantitative estimate of drug-likeness (QED) is 0.294. The summed E-state index contributed by atoms with van der Waals surface area (Å²) in [7, 11) is -2.00. The largest absolute Gasteiger partial charge is 0.398 e. The smallest absolute Gasteiger partial charge is 0.327 e. The van der Waals surface area contributed by atoms with Crippen LogP contribution in [0.4, 0.5) is 0 Å². The van der Waals surface area contributed by atoms with E-state index in [2.05, 4.69) is 11.2 Å². The van der Waals surface area contributed by atoms with Crippen molar-refractivity contribution in [2.24, 2.45) is 4.66 Å². The molecule has 0 atom stereocenters. The van der Waals surface area contributed by atoms with Crippen molar-refractivity contribution < 1.29 is 9.22 Å². The maximum Gasteiger partial charge on any atom is 0.327 e. The third-order valence-electron chi connectivity index (χ3n) is 0.812. The number of isocyanates is 1. The van der Waals surface area contributed by atoms with Crippen LogP contribution in [0.3, 0.4) is 0 Å². The van der Waals surface area contributed by atoms with Crippen LogP contribution in [0.5, 0.6) is 0 Å². The van der Waals surface area contributed by atoms with Crippen LogP contribution < -0.4 is 0 Å². The highest BCUT2D eigenvalue weighted by molar-refractivity contribution is 6.70. The van der Waals surface area contributed by atoms with Crippen LogP contribution in [0, 0.1) is 0 Å². The van der Waals surface area contributed by atoms with Crippen molar-refractivity contribution in [3.05, 3.63) is 12.7 Å². The lowest BCUT2D eigenvalue weighted by Gasteiger charge is -2.12. The van der Waals surface area contributed by atoms with Gasteiger partial charge in [0.15, 0.2) is 0 Å². The molecule has 0 aromatic rings. The van der Waals surface area contributed by atoms with Crippen molar-refractivity contribution in [2.45, 2.75) is 26.9 Å². The van der Waals surface area contributed by atoms with Crippen LogP contribution in [0.1, 0.15) is 13.8 Å². The molecular weight excluding hydrogens is 170 g/mol. The van der Waals surface area contributed by atoms with Gasteiger partial charge >= 0.3 is 8.48 Å². The van der Waals surface area contributed by atoms with Crippen molar-refractivity contribution >= 4 is 14.6 Å². The number of allylic oxidation sites excluding steroid dienone is 1. The molecule has 12 heavy (non-hydrogen) atoms. The highest BCUT2D eigenvalue weighted by Gasteiger charge is 2.20. The van der Waals surface area contributed by atoms with E-state index >= 15 is 0 Å². The fraction of sp³-hybridized carbons (Fsp3) is 0.625. The Morgan fingerprint density at radius 1 is 1.67 bits per heavy atom. The minimum Gasteiger partial charge on any atom is -0.398 e. The first-order valence-electron chi connectivity index (χ1n) is 3.84. The Kier molecular flexibility index (Phi) is 9.69. The predicted molar refractivity (Wildman–Crippen MR) is 53.1 cm³/mol. The second kappa shape index (κ2) is 8.39. The van der Waals surface area contributed by atoms with Crippen molar-refractivity contribution in [2.75, 3.05) is 6.61 Å². The fourth-order valence-corrected chi connectivity index (χ4v) is 1.49. The molecule has 0 aromatic carbocycles. The maximum atomic E-state index is 9.76. The minimum absolute atomic E-state index is 0.615. The Balaban J connectivity index is 0. The van der Waals surface area contributed by atoms with Crippen molar-refractivity contribution in [3.63, 3.8) is 0 Å². The minimum atomic E-state index is -2.00. The lowest BCUT2D eigenvalue weighted by molar-refractivity contribution is 0.330. The Bertz CT molecular complexity index is 162. The molecule has 0 spiro atoms. The fourth-order valence-electron chi connectivity index (χ4n) is 0.495. The van der Waals surface area contributed by atoms with E-state index in [4.69, 9.17) is 4.43 Å². The summed E-state index contributed by atoms with van der Waals surface area (Å²) in [6.07, 6.45) is 3.25. The van der Waals surface area contributed by atoms with E-state index in [0.29, 0.717) is 6.61 Å². The van der Waals surface area contributed by atoms with Gasteiger partial charge in [-0.3, -0.25) is 0 Å². The van der Waals surface area contributed by atoms with Crippen molar-refractivity contribution in [3.8, 4) is 0 Å². The van der Waals surface area contributed by atoms with E-state index in [1.54, 1.807) is 6.08 Å². The number of nitrogens with zero attached hydrogens (tertiary/aromatic N) is 1.